The van der Waals surface area contributed by atoms with Crippen molar-refractivity contribution in [2.75, 3.05) is 6.26 Å². The third kappa shape index (κ3) is 3.27. The fourth-order valence-corrected chi connectivity index (χ4v) is 4.83. The summed E-state index contributed by atoms with van der Waals surface area (Å²) in [5.74, 6) is 0. The van der Waals surface area contributed by atoms with Crippen LogP contribution < -0.4 is 5.32 Å². The molecular formula is C17H21NS2. The van der Waals surface area contributed by atoms with E-state index in [9.17, 15) is 0 Å². The summed E-state index contributed by atoms with van der Waals surface area (Å²) in [5.41, 5.74) is 1.33. The van der Waals surface area contributed by atoms with Crippen molar-refractivity contribution in [2.24, 2.45) is 0 Å². The summed E-state index contributed by atoms with van der Waals surface area (Å²) in [6.07, 6.45) is 6.33. The van der Waals surface area contributed by atoms with Crippen LogP contribution in [0.2, 0.25) is 0 Å². The molecule has 3 heteroatoms. The van der Waals surface area contributed by atoms with Crippen LogP contribution in [0.15, 0.2) is 42.5 Å². The minimum atomic E-state index is 0.701. The largest absolute Gasteiger partial charge is 0.308 e. The number of thioether (sulfide) groups is 1. The van der Waals surface area contributed by atoms with Crippen LogP contribution >= 0.6 is 23.1 Å². The lowest BCUT2D eigenvalue weighted by Crippen LogP contribution is -2.33. The lowest BCUT2D eigenvalue weighted by atomic mass is 10.2. The number of hydrogen-bond acceptors (Lipinski definition) is 3. The standard InChI is InChI=1S/C17H21NS2/c1-19-17-9-5-8-15(17)18-12-14-10-11-16(20-14)13-6-3-2-4-7-13/h2-4,6-7,10-11,15,17-18H,5,8-9,12H2,1H3. The van der Waals surface area contributed by atoms with E-state index in [-0.39, 0.29) is 0 Å². The topological polar surface area (TPSA) is 12.0 Å². The molecule has 0 bridgehead atoms. The van der Waals surface area contributed by atoms with Crippen LogP contribution in [0.3, 0.4) is 0 Å². The summed E-state index contributed by atoms with van der Waals surface area (Å²) < 4.78 is 0. The van der Waals surface area contributed by atoms with Crippen LogP contribution in [0.25, 0.3) is 10.4 Å². The van der Waals surface area contributed by atoms with Crippen LogP contribution in [-0.4, -0.2) is 17.5 Å². The maximum atomic E-state index is 3.75. The Morgan fingerprint density at radius 1 is 1.15 bits per heavy atom. The molecule has 1 heterocycles. The van der Waals surface area contributed by atoms with E-state index in [0.717, 1.165) is 11.8 Å². The zero-order valence-corrected chi connectivity index (χ0v) is 13.5. The first kappa shape index (κ1) is 14.2. The van der Waals surface area contributed by atoms with Crippen molar-refractivity contribution < 1.29 is 0 Å². The van der Waals surface area contributed by atoms with Crippen molar-refractivity contribution >= 4 is 23.1 Å². The fraction of sp³-hybridized carbons (Fsp3) is 0.412. The molecular weight excluding hydrogens is 282 g/mol. The molecule has 0 aliphatic heterocycles. The van der Waals surface area contributed by atoms with Gasteiger partial charge in [-0.25, -0.2) is 0 Å². The average molecular weight is 303 g/mol. The van der Waals surface area contributed by atoms with Crippen molar-refractivity contribution in [3.63, 3.8) is 0 Å². The molecule has 0 radical (unpaired) electrons. The lowest BCUT2D eigenvalue weighted by Gasteiger charge is -2.18. The van der Waals surface area contributed by atoms with Crippen molar-refractivity contribution in [1.29, 1.82) is 0 Å². The maximum absolute atomic E-state index is 3.75. The van der Waals surface area contributed by atoms with Gasteiger partial charge in [-0.3, -0.25) is 0 Å². The molecule has 0 spiro atoms. The first-order valence-corrected chi connectivity index (χ1v) is 9.37. The monoisotopic (exact) mass is 303 g/mol. The van der Waals surface area contributed by atoms with Gasteiger partial charge in [-0.1, -0.05) is 36.8 Å². The summed E-state index contributed by atoms with van der Waals surface area (Å²) >= 11 is 3.93. The molecule has 1 aliphatic carbocycles. The highest BCUT2D eigenvalue weighted by Gasteiger charge is 2.25. The molecule has 1 aliphatic rings. The molecule has 1 saturated carbocycles. The van der Waals surface area contributed by atoms with Gasteiger partial charge < -0.3 is 5.32 Å². The number of thiophene rings is 1. The van der Waals surface area contributed by atoms with Gasteiger partial charge in [0.1, 0.15) is 0 Å². The molecule has 2 aromatic rings. The predicted molar refractivity (Wildman–Crippen MR) is 91.5 cm³/mol. The maximum Gasteiger partial charge on any atom is 0.0346 e. The SMILES string of the molecule is CSC1CCCC1NCc1ccc(-c2ccccc2)s1. The summed E-state index contributed by atoms with van der Waals surface area (Å²) in [4.78, 5) is 2.81. The Balaban J connectivity index is 1.60. The van der Waals surface area contributed by atoms with Gasteiger partial charge in [0.2, 0.25) is 0 Å². The molecule has 1 aromatic heterocycles. The molecule has 20 heavy (non-hydrogen) atoms. The predicted octanol–water partition coefficient (Wildman–Crippen LogP) is 4.79. The third-order valence-electron chi connectivity index (χ3n) is 4.01. The van der Waals surface area contributed by atoms with E-state index in [1.165, 1.54) is 34.6 Å². The van der Waals surface area contributed by atoms with E-state index in [0.29, 0.717) is 6.04 Å². The molecule has 1 fully saturated rings. The molecule has 0 amide bonds. The van der Waals surface area contributed by atoms with Crippen LogP contribution in [-0.2, 0) is 6.54 Å². The Morgan fingerprint density at radius 2 is 2.00 bits per heavy atom. The molecule has 1 aromatic carbocycles. The third-order valence-corrected chi connectivity index (χ3v) is 6.32. The highest BCUT2D eigenvalue weighted by Crippen LogP contribution is 2.30. The van der Waals surface area contributed by atoms with Crippen LogP contribution in [0.1, 0.15) is 24.1 Å². The summed E-state index contributed by atoms with van der Waals surface area (Å²) in [5, 5.41) is 4.56. The van der Waals surface area contributed by atoms with E-state index in [4.69, 9.17) is 0 Å². The summed E-state index contributed by atoms with van der Waals surface area (Å²) in [6.45, 7) is 1.01. The number of rotatable bonds is 5. The minimum Gasteiger partial charge on any atom is -0.308 e. The van der Waals surface area contributed by atoms with Crippen LogP contribution in [0.4, 0.5) is 0 Å². The molecule has 106 valence electrons. The molecule has 2 atom stereocenters. The Hall–Kier alpha value is -0.770. The summed E-state index contributed by atoms with van der Waals surface area (Å²) in [7, 11) is 0. The number of nitrogens with one attached hydrogen (secondary N) is 1. The average Bonchev–Trinajstić information content (AvgIpc) is 3.15. The van der Waals surface area contributed by atoms with Gasteiger partial charge in [-0.15, -0.1) is 11.3 Å². The zero-order chi connectivity index (χ0) is 13.8. The van der Waals surface area contributed by atoms with Gasteiger partial charge in [0.05, 0.1) is 0 Å². The van der Waals surface area contributed by atoms with Crippen molar-refractivity contribution in [2.45, 2.75) is 37.1 Å². The van der Waals surface area contributed by atoms with Crippen molar-refractivity contribution in [1.82, 2.24) is 5.32 Å². The second-order valence-electron chi connectivity index (χ2n) is 5.32. The van der Waals surface area contributed by atoms with Gasteiger partial charge >= 0.3 is 0 Å². The zero-order valence-electron chi connectivity index (χ0n) is 11.8. The molecule has 3 rings (SSSR count). The number of benzene rings is 1. The van der Waals surface area contributed by atoms with Gasteiger partial charge in [0.15, 0.2) is 0 Å². The molecule has 1 N–H and O–H groups in total. The van der Waals surface area contributed by atoms with E-state index in [1.54, 1.807) is 0 Å². The van der Waals surface area contributed by atoms with Crippen molar-refractivity contribution in [3.8, 4) is 10.4 Å². The van der Waals surface area contributed by atoms with Gasteiger partial charge in [-0.05, 0) is 36.8 Å². The smallest absolute Gasteiger partial charge is 0.0346 e. The second kappa shape index (κ2) is 6.79. The Morgan fingerprint density at radius 3 is 2.80 bits per heavy atom. The van der Waals surface area contributed by atoms with Gasteiger partial charge in [-0.2, -0.15) is 11.8 Å². The first-order chi connectivity index (χ1) is 9.86. The van der Waals surface area contributed by atoms with Gasteiger partial charge in [0, 0.05) is 27.6 Å². The first-order valence-electron chi connectivity index (χ1n) is 7.27. The van der Waals surface area contributed by atoms with Crippen LogP contribution in [0.5, 0.6) is 0 Å². The van der Waals surface area contributed by atoms with Crippen LogP contribution in [0, 0.1) is 0 Å². The second-order valence-corrected chi connectivity index (χ2v) is 7.57. The van der Waals surface area contributed by atoms with E-state index in [1.807, 2.05) is 23.1 Å². The van der Waals surface area contributed by atoms with Crippen molar-refractivity contribution in [3.05, 3.63) is 47.3 Å². The summed E-state index contributed by atoms with van der Waals surface area (Å²) in [6, 6.07) is 15.9. The normalized spacial score (nSPS) is 22.2. The molecule has 2 unspecified atom stereocenters. The van der Waals surface area contributed by atoms with Gasteiger partial charge in [0.25, 0.3) is 0 Å². The lowest BCUT2D eigenvalue weighted by molar-refractivity contribution is 0.535. The Bertz CT molecular complexity index is 535. The Kier molecular flexibility index (Phi) is 4.81. The van der Waals surface area contributed by atoms with E-state index in [2.05, 4.69) is 54.0 Å². The molecule has 0 saturated heterocycles. The quantitative estimate of drug-likeness (QED) is 0.852. The van der Waals surface area contributed by atoms with E-state index < -0.39 is 0 Å². The highest BCUT2D eigenvalue weighted by atomic mass is 32.2. The minimum absolute atomic E-state index is 0.701. The Labute approximate surface area is 129 Å². The number of hydrogen-bond donors (Lipinski definition) is 1. The fourth-order valence-electron chi connectivity index (χ4n) is 2.90. The highest BCUT2D eigenvalue weighted by molar-refractivity contribution is 7.99. The molecule has 1 nitrogen and oxygen atoms in total. The van der Waals surface area contributed by atoms with E-state index >= 15 is 0 Å².